The van der Waals surface area contributed by atoms with Gasteiger partial charge in [0.25, 0.3) is 0 Å². The SMILES string of the molecule is Cc1ccc(NC(=O)CC2C(=O)Nc3ccccc3N2Cc2cc(C)no2)cc1. The van der Waals surface area contributed by atoms with E-state index >= 15 is 0 Å². The molecule has 29 heavy (non-hydrogen) atoms. The monoisotopic (exact) mass is 390 g/mol. The van der Waals surface area contributed by atoms with Gasteiger partial charge in [-0.15, -0.1) is 0 Å². The summed E-state index contributed by atoms with van der Waals surface area (Å²) in [6.07, 6.45) is 0.0150. The second kappa shape index (κ2) is 7.79. The lowest BCUT2D eigenvalue weighted by atomic mass is 10.0. The average Bonchev–Trinajstić information content (AvgIpc) is 3.11. The molecule has 148 valence electrons. The Labute approximate surface area is 168 Å². The topological polar surface area (TPSA) is 87.5 Å². The van der Waals surface area contributed by atoms with Gasteiger partial charge < -0.3 is 20.1 Å². The maximum Gasteiger partial charge on any atom is 0.247 e. The lowest BCUT2D eigenvalue weighted by Gasteiger charge is -2.37. The number of hydrogen-bond donors (Lipinski definition) is 2. The van der Waals surface area contributed by atoms with Crippen LogP contribution in [0.15, 0.2) is 59.1 Å². The fourth-order valence-electron chi connectivity index (χ4n) is 3.44. The van der Waals surface area contributed by atoms with Gasteiger partial charge in [0.1, 0.15) is 6.04 Å². The molecule has 0 saturated heterocycles. The Morgan fingerprint density at radius 1 is 1.17 bits per heavy atom. The van der Waals surface area contributed by atoms with Crippen LogP contribution in [0.5, 0.6) is 0 Å². The van der Waals surface area contributed by atoms with Gasteiger partial charge in [-0.05, 0) is 38.1 Å². The van der Waals surface area contributed by atoms with E-state index in [9.17, 15) is 9.59 Å². The molecular formula is C22H22N4O3. The van der Waals surface area contributed by atoms with Crippen molar-refractivity contribution >= 4 is 28.9 Å². The Kier molecular flexibility index (Phi) is 5.03. The average molecular weight is 390 g/mol. The summed E-state index contributed by atoms with van der Waals surface area (Å²) in [6.45, 7) is 4.17. The minimum Gasteiger partial charge on any atom is -0.359 e. The smallest absolute Gasteiger partial charge is 0.247 e. The summed E-state index contributed by atoms with van der Waals surface area (Å²) >= 11 is 0. The highest BCUT2D eigenvalue weighted by Crippen LogP contribution is 2.34. The second-order valence-electron chi connectivity index (χ2n) is 7.20. The van der Waals surface area contributed by atoms with E-state index in [-0.39, 0.29) is 18.2 Å². The van der Waals surface area contributed by atoms with Gasteiger partial charge in [-0.2, -0.15) is 0 Å². The van der Waals surface area contributed by atoms with Gasteiger partial charge in [0.05, 0.1) is 30.0 Å². The molecule has 0 fully saturated rings. The van der Waals surface area contributed by atoms with Gasteiger partial charge in [0.2, 0.25) is 11.8 Å². The zero-order valence-electron chi connectivity index (χ0n) is 16.3. The molecule has 1 aliphatic rings. The van der Waals surface area contributed by atoms with Gasteiger partial charge >= 0.3 is 0 Å². The van der Waals surface area contributed by atoms with Crippen molar-refractivity contribution in [2.75, 3.05) is 15.5 Å². The Morgan fingerprint density at radius 3 is 2.66 bits per heavy atom. The first kappa shape index (κ1) is 18.7. The summed E-state index contributed by atoms with van der Waals surface area (Å²) < 4.78 is 5.35. The summed E-state index contributed by atoms with van der Waals surface area (Å²) in [6, 6.07) is 16.2. The van der Waals surface area contributed by atoms with Crippen LogP contribution in [-0.4, -0.2) is 23.0 Å². The largest absolute Gasteiger partial charge is 0.359 e. The minimum absolute atomic E-state index is 0.0150. The molecule has 0 saturated carbocycles. The predicted octanol–water partition coefficient (Wildman–Crippen LogP) is 3.65. The molecule has 2 heterocycles. The molecule has 3 aromatic rings. The molecule has 1 atom stereocenters. The van der Waals surface area contributed by atoms with E-state index in [1.54, 1.807) is 0 Å². The Morgan fingerprint density at radius 2 is 1.93 bits per heavy atom. The maximum atomic E-state index is 12.8. The number of aromatic nitrogens is 1. The molecule has 7 nitrogen and oxygen atoms in total. The Hall–Kier alpha value is -3.61. The van der Waals surface area contributed by atoms with Crippen molar-refractivity contribution in [1.29, 1.82) is 0 Å². The number of nitrogens with one attached hydrogen (secondary N) is 2. The number of amides is 2. The van der Waals surface area contributed by atoms with Gasteiger partial charge in [-0.25, -0.2) is 0 Å². The summed E-state index contributed by atoms with van der Waals surface area (Å²) in [7, 11) is 0. The van der Waals surface area contributed by atoms with Gasteiger partial charge in [-0.1, -0.05) is 35.0 Å². The van der Waals surface area contributed by atoms with E-state index in [0.29, 0.717) is 23.7 Å². The molecule has 0 radical (unpaired) electrons. The van der Waals surface area contributed by atoms with Crippen molar-refractivity contribution in [2.45, 2.75) is 32.9 Å². The standard InChI is InChI=1S/C22H22N4O3/c1-14-7-9-16(10-8-14)23-21(27)12-20-22(28)24-18-5-3-4-6-19(18)26(20)13-17-11-15(2)25-29-17/h3-11,20H,12-13H2,1-2H3,(H,23,27)(H,24,28). The van der Waals surface area contributed by atoms with Gasteiger partial charge in [0, 0.05) is 11.8 Å². The number of rotatable bonds is 5. The van der Waals surface area contributed by atoms with Crippen LogP contribution in [0.3, 0.4) is 0 Å². The summed E-state index contributed by atoms with van der Waals surface area (Å²) in [4.78, 5) is 27.4. The number of nitrogens with zero attached hydrogens (tertiary/aromatic N) is 2. The fraction of sp³-hybridized carbons (Fsp3) is 0.227. The van der Waals surface area contributed by atoms with E-state index in [2.05, 4.69) is 15.8 Å². The number of carbonyl (C=O) groups is 2. The first-order valence-electron chi connectivity index (χ1n) is 9.45. The molecular weight excluding hydrogens is 368 g/mol. The molecule has 4 rings (SSSR count). The first-order valence-corrected chi connectivity index (χ1v) is 9.45. The Balaban J connectivity index is 1.58. The van der Waals surface area contributed by atoms with Gasteiger partial charge in [-0.3, -0.25) is 9.59 Å². The summed E-state index contributed by atoms with van der Waals surface area (Å²) in [5, 5.41) is 9.69. The first-order chi connectivity index (χ1) is 14.0. The number of anilines is 3. The second-order valence-corrected chi connectivity index (χ2v) is 7.20. The van der Waals surface area contributed by atoms with Crippen LogP contribution >= 0.6 is 0 Å². The minimum atomic E-state index is -0.666. The number of aryl methyl sites for hydroxylation is 2. The number of para-hydroxylation sites is 2. The van der Waals surface area contributed by atoms with E-state index in [1.165, 1.54) is 0 Å². The van der Waals surface area contributed by atoms with Crippen LogP contribution < -0.4 is 15.5 Å². The van der Waals surface area contributed by atoms with Crippen molar-refractivity contribution in [2.24, 2.45) is 0 Å². The molecule has 1 unspecified atom stereocenters. The van der Waals surface area contributed by atoms with Crippen molar-refractivity contribution in [1.82, 2.24) is 5.16 Å². The van der Waals surface area contributed by atoms with Crippen molar-refractivity contribution in [3.05, 3.63) is 71.6 Å². The van der Waals surface area contributed by atoms with Gasteiger partial charge in [0.15, 0.2) is 5.76 Å². The third kappa shape index (κ3) is 4.13. The summed E-state index contributed by atoms with van der Waals surface area (Å²) in [5.74, 6) is 0.182. The molecule has 0 spiro atoms. The van der Waals surface area contributed by atoms with E-state index in [1.807, 2.05) is 73.3 Å². The predicted molar refractivity (Wildman–Crippen MR) is 111 cm³/mol. The highest BCUT2D eigenvalue weighted by atomic mass is 16.5. The fourth-order valence-corrected chi connectivity index (χ4v) is 3.44. The highest BCUT2D eigenvalue weighted by molar-refractivity contribution is 6.06. The third-order valence-corrected chi connectivity index (χ3v) is 4.87. The number of fused-ring (bicyclic) bond motifs is 1. The van der Waals surface area contributed by atoms with Crippen LogP contribution in [0.2, 0.25) is 0 Å². The lowest BCUT2D eigenvalue weighted by molar-refractivity contribution is -0.122. The molecule has 0 aliphatic carbocycles. The zero-order chi connectivity index (χ0) is 20.4. The molecule has 2 N–H and O–H groups in total. The molecule has 0 bridgehead atoms. The zero-order valence-corrected chi connectivity index (χ0v) is 16.3. The number of carbonyl (C=O) groups excluding carboxylic acids is 2. The van der Waals surface area contributed by atoms with E-state index in [0.717, 1.165) is 16.9 Å². The molecule has 2 aromatic carbocycles. The van der Waals surface area contributed by atoms with Crippen molar-refractivity contribution in [3.63, 3.8) is 0 Å². The third-order valence-electron chi connectivity index (χ3n) is 4.87. The van der Waals surface area contributed by atoms with Crippen LogP contribution in [0.25, 0.3) is 0 Å². The lowest BCUT2D eigenvalue weighted by Crippen LogP contribution is -2.49. The maximum absolute atomic E-state index is 12.8. The molecule has 1 aromatic heterocycles. The van der Waals surface area contributed by atoms with E-state index in [4.69, 9.17) is 4.52 Å². The van der Waals surface area contributed by atoms with Crippen molar-refractivity contribution in [3.8, 4) is 0 Å². The quantitative estimate of drug-likeness (QED) is 0.694. The Bertz CT molecular complexity index is 1040. The molecule has 7 heteroatoms. The van der Waals surface area contributed by atoms with Crippen LogP contribution in [-0.2, 0) is 16.1 Å². The van der Waals surface area contributed by atoms with Crippen LogP contribution in [0.4, 0.5) is 17.1 Å². The highest BCUT2D eigenvalue weighted by Gasteiger charge is 2.35. The van der Waals surface area contributed by atoms with E-state index < -0.39 is 6.04 Å². The molecule has 2 amide bonds. The van der Waals surface area contributed by atoms with Crippen molar-refractivity contribution < 1.29 is 14.1 Å². The normalized spacial score (nSPS) is 15.6. The molecule has 1 aliphatic heterocycles. The van der Waals surface area contributed by atoms with Crippen LogP contribution in [0.1, 0.15) is 23.4 Å². The van der Waals surface area contributed by atoms with Crippen LogP contribution in [0, 0.1) is 13.8 Å². The summed E-state index contributed by atoms with van der Waals surface area (Å²) in [5.41, 5.74) is 4.14. The number of hydrogen-bond acceptors (Lipinski definition) is 5. The number of benzene rings is 2.